The molecule has 0 aliphatic carbocycles. The van der Waals surface area contributed by atoms with Gasteiger partial charge in [0.05, 0.1) is 5.69 Å². The van der Waals surface area contributed by atoms with Crippen molar-refractivity contribution in [2.45, 2.75) is 11.8 Å². The highest BCUT2D eigenvalue weighted by Gasteiger charge is 2.22. The Labute approximate surface area is 114 Å². The molecule has 2 aromatic heterocycles. The van der Waals surface area contributed by atoms with Crippen LogP contribution < -0.4 is 4.72 Å². The van der Waals surface area contributed by atoms with Crippen LogP contribution in [0.4, 0.5) is 5.69 Å². The smallest absolute Gasteiger partial charge is 0.348 e. The topological polar surface area (TPSA) is 88.4 Å². The second-order valence-electron chi connectivity index (χ2n) is 4.05. The van der Waals surface area contributed by atoms with E-state index in [0.29, 0.717) is 5.56 Å². The molecular weight excluding hydrogens is 288 g/mol. The fraction of sp³-hybridized carbons (Fsp3) is 0.182. The maximum Gasteiger partial charge on any atom is 0.348 e. The molecule has 19 heavy (non-hydrogen) atoms. The summed E-state index contributed by atoms with van der Waals surface area (Å²) in [5.74, 6) is -1.15. The molecule has 0 aromatic carbocycles. The summed E-state index contributed by atoms with van der Waals surface area (Å²) in [6, 6.07) is 1.45. The van der Waals surface area contributed by atoms with E-state index in [9.17, 15) is 13.2 Å². The Balaban J connectivity index is 2.41. The van der Waals surface area contributed by atoms with Crippen molar-refractivity contribution in [3.63, 3.8) is 0 Å². The minimum atomic E-state index is -3.77. The monoisotopic (exact) mass is 300 g/mol. The number of hydrogen-bond acceptors (Lipinski definition) is 4. The molecule has 0 bridgehead atoms. The Kier molecular flexibility index (Phi) is 3.38. The highest BCUT2D eigenvalue weighted by Crippen LogP contribution is 2.29. The fourth-order valence-electron chi connectivity index (χ4n) is 1.56. The molecule has 0 aliphatic rings. The highest BCUT2D eigenvalue weighted by molar-refractivity contribution is 7.92. The number of carboxylic acid groups (broad SMARTS) is 1. The van der Waals surface area contributed by atoms with Crippen molar-refractivity contribution < 1.29 is 18.3 Å². The van der Waals surface area contributed by atoms with Crippen molar-refractivity contribution in [3.05, 3.63) is 34.3 Å². The van der Waals surface area contributed by atoms with E-state index < -0.39 is 16.0 Å². The maximum atomic E-state index is 12.1. The molecular formula is C11H12N2O4S2. The number of thiophene rings is 1. The Bertz CT molecular complexity index is 728. The summed E-state index contributed by atoms with van der Waals surface area (Å²) >= 11 is 0.994. The minimum Gasteiger partial charge on any atom is -0.477 e. The van der Waals surface area contributed by atoms with Gasteiger partial charge >= 0.3 is 5.97 Å². The largest absolute Gasteiger partial charge is 0.477 e. The summed E-state index contributed by atoms with van der Waals surface area (Å²) in [6.45, 7) is 1.66. The van der Waals surface area contributed by atoms with E-state index in [1.165, 1.54) is 12.3 Å². The Hall–Kier alpha value is -1.80. The third-order valence-corrected chi connectivity index (χ3v) is 4.94. The quantitative estimate of drug-likeness (QED) is 0.902. The predicted molar refractivity (Wildman–Crippen MR) is 72.2 cm³/mol. The highest BCUT2D eigenvalue weighted by atomic mass is 32.2. The van der Waals surface area contributed by atoms with Crippen molar-refractivity contribution in [2.24, 2.45) is 7.05 Å². The summed E-state index contributed by atoms with van der Waals surface area (Å²) in [4.78, 5) is 11.1. The van der Waals surface area contributed by atoms with Crippen LogP contribution in [0, 0.1) is 6.92 Å². The lowest BCUT2D eigenvalue weighted by Crippen LogP contribution is -2.14. The molecule has 2 aromatic rings. The zero-order valence-electron chi connectivity index (χ0n) is 10.2. The lowest BCUT2D eigenvalue weighted by molar-refractivity contribution is 0.0703. The fourth-order valence-corrected chi connectivity index (χ4v) is 3.66. The molecule has 0 spiro atoms. The lowest BCUT2D eigenvalue weighted by atomic mass is 10.3. The lowest BCUT2D eigenvalue weighted by Gasteiger charge is -2.07. The summed E-state index contributed by atoms with van der Waals surface area (Å²) in [7, 11) is -2.06. The summed E-state index contributed by atoms with van der Waals surface area (Å²) < 4.78 is 28.2. The van der Waals surface area contributed by atoms with E-state index in [2.05, 4.69) is 4.72 Å². The van der Waals surface area contributed by atoms with Gasteiger partial charge in [0.25, 0.3) is 10.0 Å². The van der Waals surface area contributed by atoms with Crippen LogP contribution in [0.5, 0.6) is 0 Å². The number of nitrogens with one attached hydrogen (secondary N) is 1. The molecule has 0 unspecified atom stereocenters. The van der Waals surface area contributed by atoms with Crippen LogP contribution in [0.3, 0.4) is 0 Å². The van der Waals surface area contributed by atoms with E-state index in [1.54, 1.807) is 30.1 Å². The molecule has 0 atom stereocenters. The molecule has 2 N–H and O–H groups in total. The van der Waals surface area contributed by atoms with E-state index in [4.69, 9.17) is 5.11 Å². The second kappa shape index (κ2) is 4.71. The van der Waals surface area contributed by atoms with Gasteiger partial charge in [-0.1, -0.05) is 0 Å². The molecule has 2 heterocycles. The molecule has 0 saturated heterocycles. The summed E-state index contributed by atoms with van der Waals surface area (Å²) in [6.07, 6.45) is 3.05. The average molecular weight is 300 g/mol. The number of nitrogens with zero attached hydrogens (tertiary/aromatic N) is 1. The maximum absolute atomic E-state index is 12.1. The molecule has 6 nitrogen and oxygen atoms in total. The van der Waals surface area contributed by atoms with Crippen LogP contribution in [0.15, 0.2) is 28.7 Å². The van der Waals surface area contributed by atoms with Gasteiger partial charge in [-0.3, -0.25) is 4.72 Å². The van der Waals surface area contributed by atoms with Crippen LogP contribution in [-0.4, -0.2) is 24.1 Å². The van der Waals surface area contributed by atoms with Gasteiger partial charge in [-0.05, 0) is 23.9 Å². The number of carboxylic acids is 1. The Morgan fingerprint density at radius 1 is 1.47 bits per heavy atom. The van der Waals surface area contributed by atoms with Crippen molar-refractivity contribution >= 4 is 33.0 Å². The van der Waals surface area contributed by atoms with E-state index >= 15 is 0 Å². The summed E-state index contributed by atoms with van der Waals surface area (Å²) in [5.41, 5.74) is 0.711. The number of rotatable bonds is 4. The Morgan fingerprint density at radius 2 is 2.16 bits per heavy atom. The van der Waals surface area contributed by atoms with Gasteiger partial charge in [0.1, 0.15) is 9.77 Å². The second-order valence-corrected chi connectivity index (χ2v) is 6.61. The number of aromatic carboxylic acids is 1. The SMILES string of the molecule is Cc1csc(C(=O)O)c1NS(=O)(=O)c1ccn(C)c1. The number of anilines is 1. The minimum absolute atomic E-state index is 0.0167. The van der Waals surface area contributed by atoms with Crippen molar-refractivity contribution in [3.8, 4) is 0 Å². The first-order chi connectivity index (χ1) is 8.81. The van der Waals surface area contributed by atoms with Gasteiger partial charge in [0, 0.05) is 19.4 Å². The molecule has 102 valence electrons. The normalized spacial score (nSPS) is 11.5. The third-order valence-electron chi connectivity index (χ3n) is 2.52. The average Bonchev–Trinajstić information content (AvgIpc) is 2.87. The van der Waals surface area contributed by atoms with Crippen molar-refractivity contribution in [1.29, 1.82) is 0 Å². The van der Waals surface area contributed by atoms with Gasteiger partial charge in [-0.25, -0.2) is 13.2 Å². The van der Waals surface area contributed by atoms with Crippen LogP contribution in [0.1, 0.15) is 15.2 Å². The number of sulfonamides is 1. The van der Waals surface area contributed by atoms with Gasteiger partial charge in [0.2, 0.25) is 0 Å². The summed E-state index contributed by atoms with van der Waals surface area (Å²) in [5, 5.41) is 10.6. The zero-order valence-corrected chi connectivity index (χ0v) is 11.9. The molecule has 0 radical (unpaired) electrons. The predicted octanol–water partition coefficient (Wildman–Crippen LogP) is 1.89. The third kappa shape index (κ3) is 2.64. The molecule has 0 aliphatic heterocycles. The number of aromatic nitrogens is 1. The molecule has 2 rings (SSSR count). The molecule has 0 saturated carbocycles. The first kappa shape index (κ1) is 13.6. The van der Waals surface area contributed by atoms with Crippen molar-refractivity contribution in [1.82, 2.24) is 4.57 Å². The standard InChI is InChI=1S/C11H12N2O4S2/c1-7-6-18-10(11(14)15)9(7)12-19(16,17)8-3-4-13(2)5-8/h3-6,12H,1-2H3,(H,14,15). The van der Waals surface area contributed by atoms with Gasteiger partial charge in [0.15, 0.2) is 0 Å². The Morgan fingerprint density at radius 3 is 2.68 bits per heavy atom. The molecule has 0 fully saturated rings. The first-order valence-electron chi connectivity index (χ1n) is 5.27. The van der Waals surface area contributed by atoms with Crippen LogP contribution in [-0.2, 0) is 17.1 Å². The number of carbonyl (C=O) groups is 1. The zero-order chi connectivity index (χ0) is 14.2. The van der Waals surface area contributed by atoms with Gasteiger partial charge in [-0.15, -0.1) is 11.3 Å². The first-order valence-corrected chi connectivity index (χ1v) is 7.63. The molecule has 0 amide bonds. The van der Waals surface area contributed by atoms with E-state index in [1.807, 2.05) is 0 Å². The number of hydrogen-bond donors (Lipinski definition) is 2. The van der Waals surface area contributed by atoms with E-state index in [-0.39, 0.29) is 15.5 Å². The van der Waals surface area contributed by atoms with Crippen LogP contribution >= 0.6 is 11.3 Å². The van der Waals surface area contributed by atoms with Crippen molar-refractivity contribution in [2.75, 3.05) is 4.72 Å². The van der Waals surface area contributed by atoms with Crippen LogP contribution in [0.2, 0.25) is 0 Å². The molecule has 8 heteroatoms. The number of aryl methyl sites for hydroxylation is 2. The van der Waals surface area contributed by atoms with Crippen LogP contribution in [0.25, 0.3) is 0 Å². The van der Waals surface area contributed by atoms with Gasteiger partial charge in [-0.2, -0.15) is 0 Å². The van der Waals surface area contributed by atoms with E-state index in [0.717, 1.165) is 11.3 Å². The van der Waals surface area contributed by atoms with Gasteiger partial charge < -0.3 is 9.67 Å².